The third kappa shape index (κ3) is 4.02. The van der Waals surface area contributed by atoms with Crippen LogP contribution in [0.25, 0.3) is 88.1 Å². The van der Waals surface area contributed by atoms with Gasteiger partial charge in [-0.2, -0.15) is 0 Å². The van der Waals surface area contributed by atoms with Crippen LogP contribution in [-0.2, 0) is 0 Å². The number of fused-ring (bicyclic) bond motifs is 9. The fourth-order valence-corrected chi connectivity index (χ4v) is 7.17. The van der Waals surface area contributed by atoms with Crippen molar-refractivity contribution in [2.45, 2.75) is 0 Å². The summed E-state index contributed by atoms with van der Waals surface area (Å²) in [7, 11) is 0. The minimum atomic E-state index is 1.12. The normalized spacial score (nSPS) is 11.6. The molecule has 1 aromatic heterocycles. The molecule has 0 saturated carbocycles. The molecule has 0 spiro atoms. The highest BCUT2D eigenvalue weighted by atomic mass is 15.0. The smallest absolute Gasteiger partial charge is 0.0541 e. The van der Waals surface area contributed by atoms with Crippen LogP contribution in [0.3, 0.4) is 0 Å². The molecule has 0 aliphatic heterocycles. The summed E-state index contributed by atoms with van der Waals surface area (Å²) < 4.78 is 2.36. The summed E-state index contributed by atoms with van der Waals surface area (Å²) in [5.74, 6) is 0. The van der Waals surface area contributed by atoms with E-state index < -0.39 is 0 Å². The molecule has 0 radical (unpaired) electrons. The Bertz CT molecular complexity index is 2570. The second-order valence-electron chi connectivity index (χ2n) is 11.8. The lowest BCUT2D eigenvalue weighted by Crippen LogP contribution is -1.93. The summed E-state index contributed by atoms with van der Waals surface area (Å²) in [6.07, 6.45) is 1.92. The molecule has 8 aromatic carbocycles. The van der Waals surface area contributed by atoms with Gasteiger partial charge in [-0.25, -0.2) is 0 Å². The highest BCUT2D eigenvalue weighted by Crippen LogP contribution is 2.39. The van der Waals surface area contributed by atoms with E-state index in [0.717, 1.165) is 11.3 Å². The van der Waals surface area contributed by atoms with Crippen molar-refractivity contribution < 1.29 is 0 Å². The van der Waals surface area contributed by atoms with Crippen LogP contribution in [0.15, 0.2) is 164 Å². The fraction of sp³-hybridized carbons (Fsp3) is 0. The second-order valence-corrected chi connectivity index (χ2v) is 11.8. The van der Waals surface area contributed by atoms with Crippen molar-refractivity contribution >= 4 is 60.2 Å². The first-order valence-corrected chi connectivity index (χ1v) is 15.5. The number of benzene rings is 8. The Kier molecular flexibility index (Phi) is 5.73. The van der Waals surface area contributed by atoms with E-state index in [1.165, 1.54) is 76.4 Å². The first-order chi connectivity index (χ1) is 22.3. The quantitative estimate of drug-likeness (QED) is 0.185. The van der Waals surface area contributed by atoms with E-state index in [9.17, 15) is 0 Å². The van der Waals surface area contributed by atoms with Gasteiger partial charge in [-0.1, -0.05) is 122 Å². The van der Waals surface area contributed by atoms with Gasteiger partial charge < -0.3 is 4.57 Å². The Morgan fingerprint density at radius 1 is 0.356 bits per heavy atom. The Morgan fingerprint density at radius 2 is 0.844 bits per heavy atom. The van der Waals surface area contributed by atoms with Crippen LogP contribution < -0.4 is 0 Å². The van der Waals surface area contributed by atoms with Gasteiger partial charge in [0, 0.05) is 16.5 Å². The molecule has 0 amide bonds. The number of para-hydroxylation sites is 1. The molecule has 45 heavy (non-hydrogen) atoms. The second kappa shape index (κ2) is 10.1. The van der Waals surface area contributed by atoms with E-state index in [2.05, 4.69) is 169 Å². The topological polar surface area (TPSA) is 4.93 Å². The van der Waals surface area contributed by atoms with Gasteiger partial charge in [0.15, 0.2) is 0 Å². The number of rotatable bonds is 4. The van der Waals surface area contributed by atoms with Crippen molar-refractivity contribution in [1.82, 2.24) is 4.57 Å². The zero-order chi connectivity index (χ0) is 29.9. The molecule has 0 fully saturated rings. The Labute approximate surface area is 261 Å². The van der Waals surface area contributed by atoms with E-state index in [0.29, 0.717) is 0 Å². The monoisotopic (exact) mass is 571 g/mol. The summed E-state index contributed by atoms with van der Waals surface area (Å²) in [6, 6.07) is 57.6. The molecule has 0 aliphatic carbocycles. The van der Waals surface area contributed by atoms with Crippen molar-refractivity contribution in [3.8, 4) is 27.9 Å². The lowest BCUT2D eigenvalue weighted by Gasteiger charge is -2.13. The summed E-state index contributed by atoms with van der Waals surface area (Å²) in [5, 5.41) is 10.3. The molecule has 0 atom stereocenters. The standard InChI is InChI=1S/C44H29N/c1-2-29-19-23-43-41(25-29)42-28-33(21-24-44(42)45(43)34-13-4-3-5-14-34)31-12-10-11-30(26-31)32-20-22-39-37-17-7-6-15-35(37)36-16-8-9-18-38(36)40(39)27-32/h2-28H,1H2. The fourth-order valence-electron chi connectivity index (χ4n) is 7.17. The average molecular weight is 572 g/mol. The summed E-state index contributed by atoms with van der Waals surface area (Å²) in [5.41, 5.74) is 9.54. The van der Waals surface area contributed by atoms with Gasteiger partial charge in [0.05, 0.1) is 11.0 Å². The van der Waals surface area contributed by atoms with E-state index in [1.54, 1.807) is 0 Å². The Hall–Kier alpha value is -5.92. The van der Waals surface area contributed by atoms with E-state index in [4.69, 9.17) is 0 Å². The maximum Gasteiger partial charge on any atom is 0.0541 e. The van der Waals surface area contributed by atoms with Crippen LogP contribution in [0.4, 0.5) is 0 Å². The Morgan fingerprint density at radius 3 is 1.49 bits per heavy atom. The Balaban J connectivity index is 1.21. The zero-order valence-corrected chi connectivity index (χ0v) is 24.7. The summed E-state index contributed by atoms with van der Waals surface area (Å²) in [6.45, 7) is 4.03. The largest absolute Gasteiger partial charge is 0.309 e. The maximum absolute atomic E-state index is 4.03. The van der Waals surface area contributed by atoms with Crippen LogP contribution in [0.5, 0.6) is 0 Å². The third-order valence-corrected chi connectivity index (χ3v) is 9.31. The van der Waals surface area contributed by atoms with Crippen LogP contribution >= 0.6 is 0 Å². The van der Waals surface area contributed by atoms with Gasteiger partial charge in [0.25, 0.3) is 0 Å². The van der Waals surface area contributed by atoms with E-state index >= 15 is 0 Å². The molecule has 1 heterocycles. The first-order valence-electron chi connectivity index (χ1n) is 15.5. The van der Waals surface area contributed by atoms with Crippen molar-refractivity contribution in [3.63, 3.8) is 0 Å². The SMILES string of the molecule is C=Cc1ccc2c(c1)c1cc(-c3cccc(-c4ccc5c6ccccc6c6ccccc6c5c4)c3)ccc1n2-c1ccccc1. The molecule has 1 nitrogen and oxygen atoms in total. The molecule has 0 bridgehead atoms. The van der Waals surface area contributed by atoms with Gasteiger partial charge in [-0.3, -0.25) is 0 Å². The highest BCUT2D eigenvalue weighted by Gasteiger charge is 2.15. The molecule has 0 aliphatic rings. The number of aromatic nitrogens is 1. The number of hydrogen-bond donors (Lipinski definition) is 0. The predicted molar refractivity (Wildman–Crippen MR) is 194 cm³/mol. The number of nitrogens with zero attached hydrogens (tertiary/aromatic N) is 1. The van der Waals surface area contributed by atoms with E-state index in [-0.39, 0.29) is 0 Å². The lowest BCUT2D eigenvalue weighted by atomic mass is 9.91. The molecule has 0 N–H and O–H groups in total. The first kappa shape index (κ1) is 25.6. The van der Waals surface area contributed by atoms with Crippen LogP contribution in [0.2, 0.25) is 0 Å². The lowest BCUT2D eigenvalue weighted by molar-refractivity contribution is 1.18. The minimum absolute atomic E-state index is 1.12. The molecule has 1 heteroatoms. The molecular weight excluding hydrogens is 542 g/mol. The summed E-state index contributed by atoms with van der Waals surface area (Å²) >= 11 is 0. The molecule has 9 aromatic rings. The zero-order valence-electron chi connectivity index (χ0n) is 24.7. The van der Waals surface area contributed by atoms with Crippen LogP contribution in [-0.4, -0.2) is 4.57 Å². The predicted octanol–water partition coefficient (Wildman–Crippen LogP) is 12.2. The molecule has 9 rings (SSSR count). The van der Waals surface area contributed by atoms with Gasteiger partial charge in [0.1, 0.15) is 0 Å². The minimum Gasteiger partial charge on any atom is -0.309 e. The van der Waals surface area contributed by atoms with Crippen molar-refractivity contribution in [2.75, 3.05) is 0 Å². The van der Waals surface area contributed by atoms with Gasteiger partial charge >= 0.3 is 0 Å². The third-order valence-electron chi connectivity index (χ3n) is 9.31. The molecule has 0 saturated heterocycles. The van der Waals surface area contributed by atoms with Crippen molar-refractivity contribution in [1.29, 1.82) is 0 Å². The van der Waals surface area contributed by atoms with E-state index in [1.807, 2.05) is 6.08 Å². The summed E-state index contributed by atoms with van der Waals surface area (Å²) in [4.78, 5) is 0. The van der Waals surface area contributed by atoms with Gasteiger partial charge in [-0.05, 0) is 109 Å². The number of hydrogen-bond acceptors (Lipinski definition) is 0. The molecular formula is C44H29N. The van der Waals surface area contributed by atoms with Crippen molar-refractivity contribution in [2.24, 2.45) is 0 Å². The van der Waals surface area contributed by atoms with Crippen LogP contribution in [0.1, 0.15) is 5.56 Å². The van der Waals surface area contributed by atoms with Crippen molar-refractivity contribution in [3.05, 3.63) is 170 Å². The average Bonchev–Trinajstić information content (AvgIpc) is 3.45. The maximum atomic E-state index is 4.03. The molecule has 210 valence electrons. The van der Waals surface area contributed by atoms with Crippen LogP contribution in [0, 0.1) is 0 Å². The van der Waals surface area contributed by atoms with Gasteiger partial charge in [-0.15, -0.1) is 0 Å². The highest BCUT2D eigenvalue weighted by molar-refractivity contribution is 6.25. The van der Waals surface area contributed by atoms with Gasteiger partial charge in [0.2, 0.25) is 0 Å². The molecule has 0 unspecified atom stereocenters.